The van der Waals surface area contributed by atoms with E-state index in [4.69, 9.17) is 0 Å². The molecule has 0 unspecified atom stereocenters. The lowest BCUT2D eigenvalue weighted by molar-refractivity contribution is 1.09. The summed E-state index contributed by atoms with van der Waals surface area (Å²) in [5.41, 5.74) is 0. The standard InChI is InChI=1S/C6H6.C6H8.C3H8/c1-2-4-6-5-3-1;1-3-5-6-4-2;1-3-2/h1-6H;3-6H,1-2H2;3H2,1-2H3/b;6-5-;. The molecule has 0 spiro atoms. The van der Waals surface area contributed by atoms with Crippen LogP contribution in [0.4, 0.5) is 0 Å². The quantitative estimate of drug-likeness (QED) is 0.591. The van der Waals surface area contributed by atoms with E-state index < -0.39 is 0 Å². The van der Waals surface area contributed by atoms with Crippen molar-refractivity contribution in [3.05, 3.63) is 73.9 Å². The Morgan fingerprint density at radius 3 is 1.07 bits per heavy atom. The van der Waals surface area contributed by atoms with Crippen LogP contribution in [0.1, 0.15) is 20.3 Å². The maximum atomic E-state index is 3.46. The topological polar surface area (TPSA) is 0 Å². The summed E-state index contributed by atoms with van der Waals surface area (Å²) in [6.45, 7) is 11.2. The van der Waals surface area contributed by atoms with Crippen LogP contribution in [-0.4, -0.2) is 0 Å². The molecule has 0 aliphatic rings. The Balaban J connectivity index is 0. The third-order valence-electron chi connectivity index (χ3n) is 1.05. The molecule has 0 nitrogen and oxygen atoms in total. The molecule has 1 aromatic rings. The molecule has 1 aromatic carbocycles. The number of benzene rings is 1. The van der Waals surface area contributed by atoms with Crippen molar-refractivity contribution in [3.63, 3.8) is 0 Å². The minimum absolute atomic E-state index is 1.25. The molecule has 1 rings (SSSR count). The molecule has 15 heavy (non-hydrogen) atoms. The molecule has 0 saturated carbocycles. The van der Waals surface area contributed by atoms with Crippen molar-refractivity contribution in [3.8, 4) is 0 Å². The first kappa shape index (κ1) is 15.9. The summed E-state index contributed by atoms with van der Waals surface area (Å²) < 4.78 is 0. The van der Waals surface area contributed by atoms with Crippen molar-refractivity contribution >= 4 is 0 Å². The SMILES string of the molecule is C=C/C=C\C=C.CCC.c1ccccc1. The Morgan fingerprint density at radius 1 is 0.733 bits per heavy atom. The Morgan fingerprint density at radius 2 is 0.933 bits per heavy atom. The van der Waals surface area contributed by atoms with Gasteiger partial charge in [-0.1, -0.05) is 94.1 Å². The van der Waals surface area contributed by atoms with Crippen LogP contribution in [0.5, 0.6) is 0 Å². The van der Waals surface area contributed by atoms with Crippen LogP contribution in [0.25, 0.3) is 0 Å². The van der Waals surface area contributed by atoms with Crippen molar-refractivity contribution in [1.82, 2.24) is 0 Å². The fraction of sp³-hybridized carbons (Fsp3) is 0.200. The molecule has 0 atom stereocenters. The lowest BCUT2D eigenvalue weighted by Gasteiger charge is -1.69. The predicted molar refractivity (Wildman–Crippen MR) is 71.9 cm³/mol. The van der Waals surface area contributed by atoms with Gasteiger partial charge in [0.1, 0.15) is 0 Å². The maximum Gasteiger partial charge on any atom is -0.0590 e. The van der Waals surface area contributed by atoms with Crippen LogP contribution >= 0.6 is 0 Å². The summed E-state index contributed by atoms with van der Waals surface area (Å²) in [6.07, 6.45) is 8.32. The summed E-state index contributed by atoms with van der Waals surface area (Å²) >= 11 is 0. The molecule has 0 aliphatic carbocycles. The van der Waals surface area contributed by atoms with Gasteiger partial charge >= 0.3 is 0 Å². The Hall–Kier alpha value is -1.56. The highest BCUT2D eigenvalue weighted by atomic mass is 13.6. The molecule has 0 fully saturated rings. The smallest absolute Gasteiger partial charge is 0.0590 e. The monoisotopic (exact) mass is 202 g/mol. The van der Waals surface area contributed by atoms with Crippen molar-refractivity contribution in [2.45, 2.75) is 20.3 Å². The summed E-state index contributed by atoms with van der Waals surface area (Å²) in [6, 6.07) is 12.0. The lowest BCUT2D eigenvalue weighted by atomic mass is 10.4. The van der Waals surface area contributed by atoms with Gasteiger partial charge in [0.25, 0.3) is 0 Å². The fourth-order valence-electron chi connectivity index (χ4n) is 0.542. The molecule has 0 aliphatic heterocycles. The summed E-state index contributed by atoms with van der Waals surface area (Å²) in [5, 5.41) is 0. The molecular weight excluding hydrogens is 180 g/mol. The zero-order valence-electron chi connectivity index (χ0n) is 9.89. The average Bonchev–Trinajstić information content (AvgIpc) is 2.30. The number of hydrogen-bond acceptors (Lipinski definition) is 0. The van der Waals surface area contributed by atoms with Crippen LogP contribution in [0, 0.1) is 0 Å². The highest BCUT2D eigenvalue weighted by molar-refractivity contribution is 5.05. The molecule has 0 amide bonds. The first-order valence-corrected chi connectivity index (χ1v) is 5.23. The van der Waals surface area contributed by atoms with Crippen LogP contribution in [0.3, 0.4) is 0 Å². The number of allylic oxidation sites excluding steroid dienone is 4. The Bertz CT molecular complexity index is 195. The highest BCUT2D eigenvalue weighted by Crippen LogP contribution is 1.79. The largest absolute Gasteiger partial charge is 0.0991 e. The van der Waals surface area contributed by atoms with E-state index in [2.05, 4.69) is 27.0 Å². The second-order valence-corrected chi connectivity index (χ2v) is 2.72. The van der Waals surface area contributed by atoms with Gasteiger partial charge in [-0.25, -0.2) is 0 Å². The molecule has 0 bridgehead atoms. The normalized spacial score (nSPS) is 7.87. The van der Waals surface area contributed by atoms with Gasteiger partial charge in [-0.05, 0) is 0 Å². The van der Waals surface area contributed by atoms with E-state index in [0.717, 1.165) is 0 Å². The average molecular weight is 202 g/mol. The summed E-state index contributed by atoms with van der Waals surface area (Å²) in [7, 11) is 0. The maximum absolute atomic E-state index is 3.46. The second-order valence-electron chi connectivity index (χ2n) is 2.72. The Labute approximate surface area is 94.7 Å². The van der Waals surface area contributed by atoms with Crippen LogP contribution in [0.15, 0.2) is 73.9 Å². The number of rotatable bonds is 2. The molecule has 0 heterocycles. The van der Waals surface area contributed by atoms with Gasteiger partial charge in [-0.2, -0.15) is 0 Å². The number of hydrogen-bond donors (Lipinski definition) is 0. The van der Waals surface area contributed by atoms with E-state index in [-0.39, 0.29) is 0 Å². The zero-order valence-corrected chi connectivity index (χ0v) is 9.89. The first-order valence-electron chi connectivity index (χ1n) is 5.23. The van der Waals surface area contributed by atoms with E-state index in [9.17, 15) is 0 Å². The van der Waals surface area contributed by atoms with Crippen molar-refractivity contribution in [2.75, 3.05) is 0 Å². The van der Waals surface area contributed by atoms with Gasteiger partial charge in [0.15, 0.2) is 0 Å². The van der Waals surface area contributed by atoms with Gasteiger partial charge in [-0.15, -0.1) is 0 Å². The first-order chi connectivity index (χ1) is 7.33. The van der Waals surface area contributed by atoms with E-state index >= 15 is 0 Å². The zero-order chi connectivity index (χ0) is 11.8. The minimum atomic E-state index is 1.25. The van der Waals surface area contributed by atoms with Crippen LogP contribution < -0.4 is 0 Å². The van der Waals surface area contributed by atoms with E-state index in [1.54, 1.807) is 12.2 Å². The highest BCUT2D eigenvalue weighted by Gasteiger charge is 1.57. The Kier molecular flexibility index (Phi) is 19.4. The van der Waals surface area contributed by atoms with E-state index in [1.807, 2.05) is 48.6 Å². The van der Waals surface area contributed by atoms with Crippen molar-refractivity contribution in [2.24, 2.45) is 0 Å². The van der Waals surface area contributed by atoms with Gasteiger partial charge in [0, 0.05) is 0 Å². The van der Waals surface area contributed by atoms with E-state index in [0.29, 0.717) is 0 Å². The molecule has 0 aromatic heterocycles. The van der Waals surface area contributed by atoms with Crippen LogP contribution in [-0.2, 0) is 0 Å². The van der Waals surface area contributed by atoms with Gasteiger partial charge in [0.2, 0.25) is 0 Å². The van der Waals surface area contributed by atoms with Gasteiger partial charge in [0.05, 0.1) is 0 Å². The summed E-state index contributed by atoms with van der Waals surface area (Å²) in [4.78, 5) is 0. The van der Waals surface area contributed by atoms with E-state index in [1.165, 1.54) is 6.42 Å². The molecule has 0 saturated heterocycles. The minimum Gasteiger partial charge on any atom is -0.0991 e. The predicted octanol–water partition coefficient (Wildman–Crippen LogP) is 5.02. The van der Waals surface area contributed by atoms with Crippen LogP contribution in [0.2, 0.25) is 0 Å². The third kappa shape index (κ3) is 24.5. The lowest BCUT2D eigenvalue weighted by Crippen LogP contribution is -1.47. The molecule has 82 valence electrons. The second kappa shape index (κ2) is 18.3. The van der Waals surface area contributed by atoms with Gasteiger partial charge < -0.3 is 0 Å². The third-order valence-corrected chi connectivity index (χ3v) is 1.05. The molecule has 0 N–H and O–H groups in total. The fourth-order valence-corrected chi connectivity index (χ4v) is 0.542. The van der Waals surface area contributed by atoms with Gasteiger partial charge in [-0.3, -0.25) is 0 Å². The summed E-state index contributed by atoms with van der Waals surface area (Å²) in [5.74, 6) is 0. The molecular formula is C15H22. The van der Waals surface area contributed by atoms with Crippen molar-refractivity contribution < 1.29 is 0 Å². The molecule has 0 radical (unpaired) electrons. The molecule has 0 heteroatoms. The van der Waals surface area contributed by atoms with Crippen molar-refractivity contribution in [1.29, 1.82) is 0 Å².